The van der Waals surface area contributed by atoms with E-state index in [4.69, 9.17) is 4.74 Å². The molecule has 0 amide bonds. The molecule has 21 heavy (non-hydrogen) atoms. The van der Waals surface area contributed by atoms with Gasteiger partial charge in [0.2, 0.25) is 5.56 Å². The van der Waals surface area contributed by atoms with Crippen LogP contribution >= 0.6 is 0 Å². The van der Waals surface area contributed by atoms with Gasteiger partial charge in [-0.3, -0.25) is 9.52 Å². The number of aromatic amines is 1. The van der Waals surface area contributed by atoms with Crippen molar-refractivity contribution in [3.8, 4) is 5.75 Å². The number of ether oxygens (including phenoxy) is 1. The minimum absolute atomic E-state index is 0.00610. The molecule has 0 spiro atoms. The molecular weight excluding hydrogens is 292 g/mol. The third-order valence-electron chi connectivity index (χ3n) is 2.65. The molecule has 2 N–H and O–H groups in total. The minimum Gasteiger partial charge on any atom is -0.494 e. The molecule has 6 nitrogen and oxygen atoms in total. The van der Waals surface area contributed by atoms with Crippen molar-refractivity contribution in [2.45, 2.75) is 18.2 Å². The van der Waals surface area contributed by atoms with E-state index in [9.17, 15) is 13.2 Å². The zero-order valence-corrected chi connectivity index (χ0v) is 12.3. The Labute approximate surface area is 122 Å². The van der Waals surface area contributed by atoms with Gasteiger partial charge in [-0.25, -0.2) is 8.42 Å². The summed E-state index contributed by atoms with van der Waals surface area (Å²) in [6.07, 6.45) is 2.06. The lowest BCUT2D eigenvalue weighted by Crippen LogP contribution is -2.15. The summed E-state index contributed by atoms with van der Waals surface area (Å²) in [5, 5.41) is 0. The van der Waals surface area contributed by atoms with Crippen LogP contribution in [-0.2, 0) is 10.0 Å². The van der Waals surface area contributed by atoms with Crippen LogP contribution in [0, 0.1) is 0 Å². The smallest absolute Gasteiger partial charge is 0.263 e. The number of hydrogen-bond acceptors (Lipinski definition) is 4. The quantitative estimate of drug-likeness (QED) is 0.854. The largest absolute Gasteiger partial charge is 0.494 e. The Kier molecular flexibility index (Phi) is 4.64. The summed E-state index contributed by atoms with van der Waals surface area (Å²) in [4.78, 5) is 13.3. The van der Waals surface area contributed by atoms with Crippen LogP contribution in [-0.4, -0.2) is 20.0 Å². The first kappa shape index (κ1) is 15.1. The SMILES string of the molecule is CCCOc1ccc(NS(=O)(=O)c2ccc(=O)[nH]c2)cc1. The molecule has 0 aliphatic heterocycles. The standard InChI is InChI=1S/C14H16N2O4S/c1-2-9-20-12-5-3-11(4-6-12)16-21(18,19)13-7-8-14(17)15-10-13/h3-8,10,16H,2,9H2,1H3,(H,15,17). The van der Waals surface area contributed by atoms with Crippen LogP contribution in [0.5, 0.6) is 5.75 Å². The molecule has 0 fully saturated rings. The number of benzene rings is 1. The predicted octanol–water partition coefficient (Wildman–Crippen LogP) is 1.96. The fraction of sp³-hybridized carbons (Fsp3) is 0.214. The molecule has 1 aromatic heterocycles. The molecule has 2 rings (SSSR count). The van der Waals surface area contributed by atoms with Gasteiger partial charge in [-0.2, -0.15) is 0 Å². The van der Waals surface area contributed by atoms with E-state index in [0.29, 0.717) is 18.0 Å². The van der Waals surface area contributed by atoms with Crippen LogP contribution in [0.3, 0.4) is 0 Å². The maximum Gasteiger partial charge on any atom is 0.263 e. The Morgan fingerprint density at radius 3 is 2.43 bits per heavy atom. The molecule has 1 heterocycles. The van der Waals surface area contributed by atoms with Gasteiger partial charge in [-0.1, -0.05) is 6.92 Å². The average molecular weight is 308 g/mol. The number of nitrogens with one attached hydrogen (secondary N) is 2. The van der Waals surface area contributed by atoms with Crippen LogP contribution in [0.4, 0.5) is 5.69 Å². The summed E-state index contributed by atoms with van der Waals surface area (Å²) in [6, 6.07) is 9.04. The molecule has 112 valence electrons. The zero-order valence-electron chi connectivity index (χ0n) is 11.5. The number of sulfonamides is 1. The summed E-state index contributed by atoms with van der Waals surface area (Å²) < 4.78 is 32.1. The van der Waals surface area contributed by atoms with Gasteiger partial charge in [0.1, 0.15) is 10.6 Å². The van der Waals surface area contributed by atoms with Crippen LogP contribution in [0.1, 0.15) is 13.3 Å². The van der Waals surface area contributed by atoms with Crippen LogP contribution < -0.4 is 15.0 Å². The van der Waals surface area contributed by atoms with E-state index in [1.54, 1.807) is 24.3 Å². The minimum atomic E-state index is -3.72. The van der Waals surface area contributed by atoms with Crippen molar-refractivity contribution in [2.24, 2.45) is 0 Å². The Hall–Kier alpha value is -2.28. The highest BCUT2D eigenvalue weighted by atomic mass is 32.2. The summed E-state index contributed by atoms with van der Waals surface area (Å²) in [5.41, 5.74) is 0.0661. The molecule has 0 unspecified atom stereocenters. The Morgan fingerprint density at radius 1 is 1.14 bits per heavy atom. The predicted molar refractivity (Wildman–Crippen MR) is 80.1 cm³/mol. The Bertz CT molecular complexity index is 731. The molecule has 0 aliphatic carbocycles. The number of rotatable bonds is 6. The van der Waals surface area contributed by atoms with Crippen LogP contribution in [0.15, 0.2) is 52.3 Å². The van der Waals surface area contributed by atoms with Gasteiger partial charge in [0.25, 0.3) is 10.0 Å². The van der Waals surface area contributed by atoms with E-state index in [1.165, 1.54) is 6.07 Å². The first-order valence-electron chi connectivity index (χ1n) is 6.46. The van der Waals surface area contributed by atoms with Crippen molar-refractivity contribution in [2.75, 3.05) is 11.3 Å². The molecule has 0 saturated carbocycles. The summed E-state index contributed by atoms with van der Waals surface area (Å²) in [5.74, 6) is 0.684. The highest BCUT2D eigenvalue weighted by molar-refractivity contribution is 7.92. The van der Waals surface area contributed by atoms with Crippen LogP contribution in [0.2, 0.25) is 0 Å². The second kappa shape index (κ2) is 6.45. The second-order valence-electron chi connectivity index (χ2n) is 4.37. The van der Waals surface area contributed by atoms with Crippen molar-refractivity contribution in [1.82, 2.24) is 4.98 Å². The number of pyridine rings is 1. The van der Waals surface area contributed by atoms with Gasteiger partial charge in [0, 0.05) is 18.0 Å². The second-order valence-corrected chi connectivity index (χ2v) is 6.05. The van der Waals surface area contributed by atoms with Gasteiger partial charge in [0.05, 0.1) is 6.61 Å². The molecule has 0 radical (unpaired) electrons. The third-order valence-corrected chi connectivity index (χ3v) is 4.02. The monoisotopic (exact) mass is 308 g/mol. The van der Waals surface area contributed by atoms with Gasteiger partial charge in [0.15, 0.2) is 0 Å². The highest BCUT2D eigenvalue weighted by Gasteiger charge is 2.14. The summed E-state index contributed by atoms with van der Waals surface area (Å²) in [6.45, 7) is 2.62. The average Bonchev–Trinajstić information content (AvgIpc) is 2.47. The third kappa shape index (κ3) is 4.09. The number of aromatic nitrogens is 1. The normalized spacial score (nSPS) is 11.1. The van der Waals surface area contributed by atoms with Crippen LogP contribution in [0.25, 0.3) is 0 Å². The van der Waals surface area contributed by atoms with E-state index in [1.807, 2.05) is 6.92 Å². The molecule has 0 bridgehead atoms. The lowest BCUT2D eigenvalue weighted by molar-refractivity contribution is 0.317. The number of anilines is 1. The summed E-state index contributed by atoms with van der Waals surface area (Å²) in [7, 11) is -3.72. The van der Waals surface area contributed by atoms with Crippen molar-refractivity contribution in [3.63, 3.8) is 0 Å². The molecule has 0 atom stereocenters. The zero-order chi connectivity index (χ0) is 15.3. The molecule has 7 heteroatoms. The number of hydrogen-bond donors (Lipinski definition) is 2. The van der Waals surface area contributed by atoms with Crippen molar-refractivity contribution < 1.29 is 13.2 Å². The fourth-order valence-electron chi connectivity index (χ4n) is 1.62. The van der Waals surface area contributed by atoms with Gasteiger partial charge in [-0.15, -0.1) is 0 Å². The molecule has 0 saturated heterocycles. The van der Waals surface area contributed by atoms with E-state index < -0.39 is 10.0 Å². The van der Waals surface area contributed by atoms with E-state index in [2.05, 4.69) is 9.71 Å². The van der Waals surface area contributed by atoms with Crippen molar-refractivity contribution in [1.29, 1.82) is 0 Å². The molecule has 1 aromatic carbocycles. The molecule has 0 aliphatic rings. The lowest BCUT2D eigenvalue weighted by atomic mass is 10.3. The van der Waals surface area contributed by atoms with E-state index in [0.717, 1.165) is 18.7 Å². The van der Waals surface area contributed by atoms with E-state index in [-0.39, 0.29) is 10.5 Å². The fourth-order valence-corrected chi connectivity index (χ4v) is 2.64. The lowest BCUT2D eigenvalue weighted by Gasteiger charge is -2.09. The molecule has 2 aromatic rings. The van der Waals surface area contributed by atoms with Gasteiger partial charge >= 0.3 is 0 Å². The van der Waals surface area contributed by atoms with Crippen molar-refractivity contribution in [3.05, 3.63) is 52.9 Å². The summed E-state index contributed by atoms with van der Waals surface area (Å²) >= 11 is 0. The van der Waals surface area contributed by atoms with Gasteiger partial charge in [-0.05, 0) is 36.8 Å². The first-order valence-corrected chi connectivity index (χ1v) is 7.94. The first-order chi connectivity index (χ1) is 10.0. The number of H-pyrrole nitrogens is 1. The maximum atomic E-state index is 12.1. The topological polar surface area (TPSA) is 88.3 Å². The van der Waals surface area contributed by atoms with E-state index >= 15 is 0 Å². The Balaban J connectivity index is 2.13. The Morgan fingerprint density at radius 2 is 1.86 bits per heavy atom. The van der Waals surface area contributed by atoms with Crippen molar-refractivity contribution >= 4 is 15.7 Å². The highest BCUT2D eigenvalue weighted by Crippen LogP contribution is 2.19. The molecular formula is C14H16N2O4S. The maximum absolute atomic E-state index is 12.1. The van der Waals surface area contributed by atoms with Gasteiger partial charge < -0.3 is 9.72 Å².